The Kier molecular flexibility index (Phi) is 6.17. The van der Waals surface area contributed by atoms with Crippen molar-refractivity contribution in [2.24, 2.45) is 11.8 Å². The number of carbonyl (C=O) groups excluding carboxylic acids is 2. The Labute approximate surface area is 207 Å². The molecule has 1 fully saturated rings. The van der Waals surface area contributed by atoms with Crippen molar-refractivity contribution in [1.29, 1.82) is 0 Å². The van der Waals surface area contributed by atoms with Crippen molar-refractivity contribution in [2.75, 3.05) is 18.5 Å². The number of carboxylic acids is 1. The molecule has 3 aromatic carbocycles. The van der Waals surface area contributed by atoms with Crippen LogP contribution in [0, 0.1) is 11.8 Å². The Balaban J connectivity index is 1.21. The Morgan fingerprint density at radius 2 is 1.63 bits per heavy atom. The number of benzene rings is 3. The first kappa shape index (κ1) is 22.9. The lowest BCUT2D eigenvalue weighted by Gasteiger charge is -2.15. The van der Waals surface area contributed by atoms with E-state index in [9.17, 15) is 14.4 Å². The summed E-state index contributed by atoms with van der Waals surface area (Å²) in [5, 5.41) is 14.6. The number of amides is 2. The van der Waals surface area contributed by atoms with Crippen LogP contribution in [0.15, 0.2) is 66.7 Å². The fraction of sp³-hybridized carbons (Fsp3) is 0.222. The lowest BCUT2D eigenvalue weighted by Crippen LogP contribution is -2.26. The van der Waals surface area contributed by atoms with E-state index in [1.54, 1.807) is 0 Å². The number of fused-ring (bicyclic) bond motifs is 3. The molecule has 0 bridgehead atoms. The lowest BCUT2D eigenvalue weighted by atomic mass is 9.98. The highest BCUT2D eigenvalue weighted by molar-refractivity contribution is 6.31. The van der Waals surface area contributed by atoms with Crippen LogP contribution in [-0.4, -0.2) is 36.2 Å². The summed E-state index contributed by atoms with van der Waals surface area (Å²) in [6.07, 6.45) is -0.0949. The summed E-state index contributed by atoms with van der Waals surface area (Å²) in [5.41, 5.74) is 5.11. The molecule has 5 rings (SSSR count). The number of nitrogens with one attached hydrogen (secondary N) is 2. The molecule has 2 aliphatic rings. The van der Waals surface area contributed by atoms with Gasteiger partial charge >= 0.3 is 12.1 Å². The van der Waals surface area contributed by atoms with Gasteiger partial charge in [-0.05, 0) is 52.8 Å². The molecular formula is C27H23ClN2O5. The van der Waals surface area contributed by atoms with Gasteiger partial charge in [-0.2, -0.15) is 0 Å². The lowest BCUT2D eigenvalue weighted by molar-refractivity contribution is -0.138. The standard InChI is InChI=1S/C27H23ClN2O5/c28-17-9-15(25(31)29-13-16-11-23(16)26(32)33)10-18(12-17)30-27(34)35-14-24-21-7-3-1-5-19(21)20-6-2-4-8-22(20)24/h1-10,12,16,23-24H,11,13-14H2,(H,29,31)(H,30,34)(H,32,33). The zero-order valence-corrected chi connectivity index (χ0v) is 19.4. The van der Waals surface area contributed by atoms with Gasteiger partial charge in [-0.25, -0.2) is 4.79 Å². The minimum absolute atomic E-state index is 0.0611. The zero-order chi connectivity index (χ0) is 24.5. The van der Waals surface area contributed by atoms with Gasteiger partial charge in [0.15, 0.2) is 0 Å². The average Bonchev–Trinajstić information content (AvgIpc) is 3.56. The molecule has 0 aliphatic heterocycles. The minimum atomic E-state index is -0.846. The molecule has 2 atom stereocenters. The van der Waals surface area contributed by atoms with Crippen molar-refractivity contribution < 1.29 is 24.2 Å². The molecule has 35 heavy (non-hydrogen) atoms. The highest BCUT2D eigenvalue weighted by Gasteiger charge is 2.43. The monoisotopic (exact) mass is 490 g/mol. The maximum Gasteiger partial charge on any atom is 0.411 e. The second kappa shape index (κ2) is 9.43. The second-order valence-corrected chi connectivity index (χ2v) is 9.27. The van der Waals surface area contributed by atoms with Crippen LogP contribution in [0.25, 0.3) is 11.1 Å². The molecule has 2 unspecified atom stereocenters. The molecule has 0 spiro atoms. The third-order valence-electron chi connectivity index (χ3n) is 6.51. The predicted octanol–water partition coefficient (Wildman–Crippen LogP) is 5.15. The van der Waals surface area contributed by atoms with Crippen LogP contribution in [0.1, 0.15) is 33.8 Å². The summed E-state index contributed by atoms with van der Waals surface area (Å²) in [6, 6.07) is 20.7. The maximum atomic E-state index is 12.6. The number of aliphatic carboxylic acids is 1. The maximum absolute atomic E-state index is 12.6. The van der Waals surface area contributed by atoms with Crippen molar-refractivity contribution in [3.05, 3.63) is 88.4 Å². The Morgan fingerprint density at radius 3 is 2.26 bits per heavy atom. The smallest absolute Gasteiger partial charge is 0.411 e. The predicted molar refractivity (Wildman–Crippen MR) is 132 cm³/mol. The van der Waals surface area contributed by atoms with Gasteiger partial charge in [0.2, 0.25) is 0 Å². The molecule has 178 valence electrons. The highest BCUT2D eigenvalue weighted by Crippen LogP contribution is 2.44. The first-order valence-electron chi connectivity index (χ1n) is 11.3. The molecule has 3 N–H and O–H groups in total. The summed E-state index contributed by atoms with van der Waals surface area (Å²) < 4.78 is 5.56. The van der Waals surface area contributed by atoms with E-state index >= 15 is 0 Å². The Bertz CT molecular complexity index is 1280. The summed E-state index contributed by atoms with van der Waals surface area (Å²) in [6.45, 7) is 0.442. The molecule has 8 heteroatoms. The van der Waals surface area contributed by atoms with Crippen LogP contribution >= 0.6 is 11.6 Å². The highest BCUT2D eigenvalue weighted by atomic mass is 35.5. The van der Waals surface area contributed by atoms with E-state index in [0.717, 1.165) is 22.3 Å². The molecule has 2 amide bonds. The largest absolute Gasteiger partial charge is 0.481 e. The minimum Gasteiger partial charge on any atom is -0.481 e. The van der Waals surface area contributed by atoms with Gasteiger partial charge in [0.25, 0.3) is 5.91 Å². The average molecular weight is 491 g/mol. The van der Waals surface area contributed by atoms with Crippen LogP contribution < -0.4 is 10.6 Å². The molecular weight excluding hydrogens is 468 g/mol. The van der Waals surface area contributed by atoms with Crippen LogP contribution in [-0.2, 0) is 9.53 Å². The van der Waals surface area contributed by atoms with Crippen LogP contribution in [0.5, 0.6) is 0 Å². The van der Waals surface area contributed by atoms with Gasteiger partial charge in [-0.15, -0.1) is 0 Å². The van der Waals surface area contributed by atoms with Crippen molar-refractivity contribution in [2.45, 2.75) is 12.3 Å². The summed E-state index contributed by atoms with van der Waals surface area (Å²) in [7, 11) is 0. The number of rotatable bonds is 7. The second-order valence-electron chi connectivity index (χ2n) is 8.83. The molecule has 0 aromatic heterocycles. The van der Waals surface area contributed by atoms with Gasteiger partial charge in [0.1, 0.15) is 6.61 Å². The van der Waals surface area contributed by atoms with Gasteiger partial charge in [0.05, 0.1) is 5.92 Å². The SMILES string of the molecule is O=C(Nc1cc(Cl)cc(C(=O)NCC2CC2C(=O)O)c1)OCC1c2ccccc2-c2ccccc21. The molecule has 0 radical (unpaired) electrons. The number of hydrogen-bond donors (Lipinski definition) is 3. The van der Waals surface area contributed by atoms with E-state index < -0.39 is 18.0 Å². The Morgan fingerprint density at radius 1 is 0.971 bits per heavy atom. The van der Waals surface area contributed by atoms with Crippen LogP contribution in [0.3, 0.4) is 0 Å². The topological polar surface area (TPSA) is 105 Å². The van der Waals surface area contributed by atoms with Crippen LogP contribution in [0.4, 0.5) is 10.5 Å². The quantitative estimate of drug-likeness (QED) is 0.424. The van der Waals surface area contributed by atoms with Crippen molar-refractivity contribution in [3.8, 4) is 11.1 Å². The number of carbonyl (C=O) groups is 3. The fourth-order valence-corrected chi connectivity index (χ4v) is 4.88. The van der Waals surface area contributed by atoms with E-state index in [2.05, 4.69) is 22.8 Å². The number of hydrogen-bond acceptors (Lipinski definition) is 4. The number of ether oxygens (including phenoxy) is 1. The van der Waals surface area contributed by atoms with Gasteiger partial charge in [-0.3, -0.25) is 14.9 Å². The third kappa shape index (κ3) is 4.86. The molecule has 0 heterocycles. The third-order valence-corrected chi connectivity index (χ3v) is 6.73. The normalized spacial score (nSPS) is 17.7. The van der Waals surface area contributed by atoms with E-state index in [0.29, 0.717) is 12.1 Å². The number of carboxylic acid groups (broad SMARTS) is 1. The first-order chi connectivity index (χ1) is 16.9. The van der Waals surface area contributed by atoms with E-state index in [1.165, 1.54) is 18.2 Å². The van der Waals surface area contributed by atoms with E-state index in [1.807, 2.05) is 36.4 Å². The first-order valence-corrected chi connectivity index (χ1v) is 11.7. The van der Waals surface area contributed by atoms with Crippen molar-refractivity contribution in [1.82, 2.24) is 5.32 Å². The molecule has 3 aromatic rings. The molecule has 2 aliphatic carbocycles. The van der Waals surface area contributed by atoms with Crippen molar-refractivity contribution >= 4 is 35.3 Å². The molecule has 7 nitrogen and oxygen atoms in total. The fourth-order valence-electron chi connectivity index (χ4n) is 4.65. The van der Waals surface area contributed by atoms with Gasteiger partial charge in [-0.1, -0.05) is 60.1 Å². The summed E-state index contributed by atoms with van der Waals surface area (Å²) >= 11 is 6.16. The zero-order valence-electron chi connectivity index (χ0n) is 18.7. The van der Waals surface area contributed by atoms with Gasteiger partial charge < -0.3 is 15.2 Å². The van der Waals surface area contributed by atoms with Gasteiger partial charge in [0, 0.05) is 28.7 Å². The van der Waals surface area contributed by atoms with Crippen molar-refractivity contribution in [3.63, 3.8) is 0 Å². The number of anilines is 1. The van der Waals surface area contributed by atoms with Crippen LogP contribution in [0.2, 0.25) is 5.02 Å². The summed E-state index contributed by atoms with van der Waals surface area (Å²) in [4.78, 5) is 36.0. The Hall–Kier alpha value is -3.84. The number of halogens is 1. The molecule has 1 saturated carbocycles. The molecule has 0 saturated heterocycles. The summed E-state index contributed by atoms with van der Waals surface area (Å²) in [5.74, 6) is -1.76. The van der Waals surface area contributed by atoms with E-state index in [4.69, 9.17) is 21.4 Å². The van der Waals surface area contributed by atoms with E-state index in [-0.39, 0.29) is 41.5 Å².